The van der Waals surface area contributed by atoms with Gasteiger partial charge in [-0.05, 0) is 31.0 Å². The quantitative estimate of drug-likeness (QED) is 0.395. The number of methoxy groups -OCH3 is 1. The number of hydrogen-bond donors (Lipinski definition) is 3. The molecule has 6 nitrogen and oxygen atoms in total. The molecule has 0 amide bonds. The average Bonchev–Trinajstić information content (AvgIpc) is 2.73. The second kappa shape index (κ2) is 10.8. The van der Waals surface area contributed by atoms with Gasteiger partial charge in [-0.3, -0.25) is 4.79 Å². The molecule has 3 rings (SSSR count). The number of phenolic OH excluding ortho intramolecular Hbond substituents is 2. The van der Waals surface area contributed by atoms with Gasteiger partial charge in [0, 0.05) is 24.8 Å². The molecule has 0 aliphatic carbocycles. The van der Waals surface area contributed by atoms with E-state index in [2.05, 4.69) is 9.24 Å². The maximum atomic E-state index is 12.5. The Hall–Kier alpha value is -2.56. The van der Waals surface area contributed by atoms with Crippen LogP contribution < -0.4 is 10.2 Å². The van der Waals surface area contributed by atoms with E-state index in [1.807, 2.05) is 24.3 Å². The zero-order valence-corrected chi connectivity index (χ0v) is 17.8. The molecule has 1 aromatic heterocycles. The minimum absolute atomic E-state index is 0.0147. The van der Waals surface area contributed by atoms with Crippen LogP contribution in [0.4, 0.5) is 0 Å². The number of phenols is 2. The standard InChI is InChI=1S/C21H23O5P.CH4O/c1-25-20-17(24)11-15(22)19-16(23)12-18(26-21(19)20)14-8-6-13(7-9-14)5-3-2-4-10-27;1-2/h6-9,11-12,22,24H,2-5,10,27H2,1H3;2H,1H3. The van der Waals surface area contributed by atoms with Gasteiger partial charge in [0.15, 0.2) is 16.8 Å². The summed E-state index contributed by atoms with van der Waals surface area (Å²) < 4.78 is 11.0. The van der Waals surface area contributed by atoms with Gasteiger partial charge < -0.3 is 24.5 Å². The van der Waals surface area contributed by atoms with Crippen molar-refractivity contribution in [3.05, 3.63) is 52.2 Å². The van der Waals surface area contributed by atoms with E-state index in [4.69, 9.17) is 14.3 Å². The third-order valence-corrected chi connectivity index (χ3v) is 4.94. The molecule has 1 atom stereocenters. The summed E-state index contributed by atoms with van der Waals surface area (Å²) in [5.74, 6) is -0.258. The molecule has 1 heterocycles. The van der Waals surface area contributed by atoms with Gasteiger partial charge in [-0.15, -0.1) is 9.24 Å². The summed E-state index contributed by atoms with van der Waals surface area (Å²) in [5, 5.41) is 26.9. The van der Waals surface area contributed by atoms with E-state index in [0.29, 0.717) is 5.76 Å². The van der Waals surface area contributed by atoms with Crippen molar-refractivity contribution >= 4 is 20.2 Å². The first-order valence-corrected chi connectivity index (χ1v) is 10.2. The summed E-state index contributed by atoms with van der Waals surface area (Å²) in [5.41, 5.74) is 1.61. The summed E-state index contributed by atoms with van der Waals surface area (Å²) in [7, 11) is 5.11. The molecule has 2 aromatic carbocycles. The Morgan fingerprint density at radius 2 is 1.69 bits per heavy atom. The van der Waals surface area contributed by atoms with E-state index in [1.165, 1.54) is 31.6 Å². The van der Waals surface area contributed by atoms with Crippen molar-refractivity contribution in [3.63, 3.8) is 0 Å². The highest BCUT2D eigenvalue weighted by Gasteiger charge is 2.18. The van der Waals surface area contributed by atoms with E-state index in [0.717, 1.165) is 37.7 Å². The molecule has 3 aromatic rings. The molecule has 0 aliphatic rings. The Labute approximate surface area is 172 Å². The fourth-order valence-corrected chi connectivity index (χ4v) is 3.39. The minimum Gasteiger partial charge on any atom is -0.507 e. The van der Waals surface area contributed by atoms with E-state index in [9.17, 15) is 15.0 Å². The lowest BCUT2D eigenvalue weighted by molar-refractivity contribution is 0.367. The second-order valence-electron chi connectivity index (χ2n) is 6.42. The zero-order chi connectivity index (χ0) is 21.4. The summed E-state index contributed by atoms with van der Waals surface area (Å²) in [6.45, 7) is 0. The SMILES string of the molecule is CO.COc1c(O)cc(O)c2c(=O)cc(-c3ccc(CCCCCP)cc3)oc12. The summed E-state index contributed by atoms with van der Waals surface area (Å²) >= 11 is 0. The highest BCUT2D eigenvalue weighted by molar-refractivity contribution is 7.16. The molecule has 156 valence electrons. The molecule has 0 spiro atoms. The molecule has 1 unspecified atom stereocenters. The third-order valence-electron chi connectivity index (χ3n) is 4.53. The number of hydrogen-bond acceptors (Lipinski definition) is 6. The fraction of sp³-hybridized carbons (Fsp3) is 0.318. The Kier molecular flexibility index (Phi) is 8.50. The molecule has 29 heavy (non-hydrogen) atoms. The van der Waals surface area contributed by atoms with E-state index < -0.39 is 5.43 Å². The lowest BCUT2D eigenvalue weighted by Gasteiger charge is -2.10. The minimum atomic E-state index is -0.399. The first kappa shape index (κ1) is 22.7. The largest absolute Gasteiger partial charge is 0.507 e. The van der Waals surface area contributed by atoms with Crippen LogP contribution in [0, 0.1) is 0 Å². The van der Waals surface area contributed by atoms with Crippen LogP contribution >= 0.6 is 9.24 Å². The number of aliphatic hydroxyl groups excluding tert-OH is 1. The Bertz CT molecular complexity index is 995. The number of fused-ring (bicyclic) bond motifs is 1. The van der Waals surface area contributed by atoms with Crippen molar-refractivity contribution in [1.82, 2.24) is 0 Å². The monoisotopic (exact) mass is 418 g/mol. The van der Waals surface area contributed by atoms with Crippen molar-refractivity contribution < 1.29 is 24.5 Å². The molecule has 0 radical (unpaired) electrons. The molecule has 0 fully saturated rings. The predicted molar refractivity (Wildman–Crippen MR) is 118 cm³/mol. The Morgan fingerprint density at radius 1 is 1.00 bits per heavy atom. The van der Waals surface area contributed by atoms with Crippen LogP contribution in [0.15, 0.2) is 45.6 Å². The molecule has 0 aliphatic heterocycles. The number of unbranched alkanes of at least 4 members (excludes halogenated alkanes) is 2. The maximum Gasteiger partial charge on any atom is 0.204 e. The lowest BCUT2D eigenvalue weighted by Crippen LogP contribution is -2.02. The number of rotatable bonds is 7. The summed E-state index contributed by atoms with van der Waals surface area (Å²) in [6, 6.07) is 10.3. The number of aryl methyl sites for hydroxylation is 1. The first-order chi connectivity index (χ1) is 14.0. The summed E-state index contributed by atoms with van der Waals surface area (Å²) in [4.78, 5) is 12.5. The number of aromatic hydroxyl groups is 2. The van der Waals surface area contributed by atoms with E-state index in [1.54, 1.807) is 0 Å². The average molecular weight is 418 g/mol. The Morgan fingerprint density at radius 3 is 2.31 bits per heavy atom. The van der Waals surface area contributed by atoms with Gasteiger partial charge in [-0.2, -0.15) is 0 Å². The fourth-order valence-electron chi connectivity index (χ4n) is 3.10. The first-order valence-electron chi connectivity index (χ1n) is 9.36. The maximum absolute atomic E-state index is 12.5. The number of aliphatic hydroxyl groups is 1. The Balaban J connectivity index is 0.00000145. The van der Waals surface area contributed by atoms with Gasteiger partial charge in [0.05, 0.1) is 7.11 Å². The summed E-state index contributed by atoms with van der Waals surface area (Å²) in [6.07, 6.45) is 5.72. The van der Waals surface area contributed by atoms with Gasteiger partial charge >= 0.3 is 0 Å². The topological polar surface area (TPSA) is 100 Å². The van der Waals surface area contributed by atoms with E-state index >= 15 is 0 Å². The van der Waals surface area contributed by atoms with Gasteiger partial charge in [-0.25, -0.2) is 0 Å². The number of benzene rings is 2. The van der Waals surface area contributed by atoms with E-state index in [-0.39, 0.29) is 28.2 Å². The van der Waals surface area contributed by atoms with Crippen molar-refractivity contribution in [2.24, 2.45) is 0 Å². The van der Waals surface area contributed by atoms with Crippen LogP contribution in [-0.2, 0) is 6.42 Å². The highest BCUT2D eigenvalue weighted by atomic mass is 31.0. The second-order valence-corrected chi connectivity index (χ2v) is 7.00. The highest BCUT2D eigenvalue weighted by Crippen LogP contribution is 2.40. The van der Waals surface area contributed by atoms with Gasteiger partial charge in [0.1, 0.15) is 16.9 Å². The van der Waals surface area contributed by atoms with Gasteiger partial charge in [-0.1, -0.05) is 30.7 Å². The van der Waals surface area contributed by atoms with Crippen LogP contribution in [-0.4, -0.2) is 35.7 Å². The van der Waals surface area contributed by atoms with Crippen molar-refractivity contribution in [3.8, 4) is 28.6 Å². The van der Waals surface area contributed by atoms with Crippen LogP contribution in [0.1, 0.15) is 24.8 Å². The lowest BCUT2D eigenvalue weighted by atomic mass is 10.0. The van der Waals surface area contributed by atoms with Crippen LogP contribution in [0.3, 0.4) is 0 Å². The smallest absolute Gasteiger partial charge is 0.204 e. The molecular formula is C22H27O6P. The van der Waals surface area contributed by atoms with Crippen LogP contribution in [0.2, 0.25) is 0 Å². The van der Waals surface area contributed by atoms with Crippen LogP contribution in [0.25, 0.3) is 22.3 Å². The molecule has 0 bridgehead atoms. The van der Waals surface area contributed by atoms with Crippen LogP contribution in [0.5, 0.6) is 17.2 Å². The molecule has 0 saturated heterocycles. The van der Waals surface area contributed by atoms with Gasteiger partial charge in [0.2, 0.25) is 5.75 Å². The van der Waals surface area contributed by atoms with Crippen molar-refractivity contribution in [2.45, 2.75) is 25.7 Å². The molecule has 0 saturated carbocycles. The van der Waals surface area contributed by atoms with Crippen molar-refractivity contribution in [2.75, 3.05) is 20.4 Å². The third kappa shape index (κ3) is 5.28. The zero-order valence-electron chi connectivity index (χ0n) is 16.6. The molecule has 3 N–H and O–H groups in total. The molecule has 7 heteroatoms. The number of ether oxygens (including phenoxy) is 1. The normalized spacial score (nSPS) is 10.5. The predicted octanol–water partition coefficient (Wildman–Crippen LogP) is 4.08. The molecular weight excluding hydrogens is 391 g/mol. The van der Waals surface area contributed by atoms with Gasteiger partial charge in [0.25, 0.3) is 0 Å². The van der Waals surface area contributed by atoms with Crippen molar-refractivity contribution in [1.29, 1.82) is 0 Å².